The van der Waals surface area contributed by atoms with E-state index >= 15 is 0 Å². The Bertz CT molecular complexity index is 907. The molecule has 0 spiro atoms. The van der Waals surface area contributed by atoms with Gasteiger partial charge in [-0.25, -0.2) is 0 Å². The van der Waals surface area contributed by atoms with Gasteiger partial charge in [-0.1, -0.05) is 49.4 Å². The lowest BCUT2D eigenvalue weighted by Gasteiger charge is -2.18. The highest BCUT2D eigenvalue weighted by molar-refractivity contribution is 5.84. The van der Waals surface area contributed by atoms with E-state index in [4.69, 9.17) is 9.47 Å². The van der Waals surface area contributed by atoms with Crippen LogP contribution in [0.4, 0.5) is 0 Å². The number of fused-ring (bicyclic) bond motifs is 1. The van der Waals surface area contributed by atoms with Crippen molar-refractivity contribution in [3.63, 3.8) is 0 Å². The van der Waals surface area contributed by atoms with Crippen molar-refractivity contribution in [3.05, 3.63) is 72.3 Å². The maximum atomic E-state index is 12.6. The summed E-state index contributed by atoms with van der Waals surface area (Å²) >= 11 is 0. The van der Waals surface area contributed by atoms with E-state index in [1.54, 1.807) is 0 Å². The maximum Gasteiger partial charge on any atom is 0.261 e. The van der Waals surface area contributed by atoms with Crippen molar-refractivity contribution >= 4 is 16.7 Å². The summed E-state index contributed by atoms with van der Waals surface area (Å²) in [6, 6.07) is 21.7. The fourth-order valence-electron chi connectivity index (χ4n) is 2.94. The van der Waals surface area contributed by atoms with Crippen LogP contribution in [0.3, 0.4) is 0 Å². The molecule has 0 aliphatic rings. The molecule has 0 fully saturated rings. The molecule has 4 nitrogen and oxygen atoms in total. The summed E-state index contributed by atoms with van der Waals surface area (Å²) in [6.07, 6.45) is 0.0683. The van der Waals surface area contributed by atoms with Crippen LogP contribution in [0.5, 0.6) is 11.5 Å². The Balaban J connectivity index is 1.62. The molecule has 0 saturated carbocycles. The van der Waals surface area contributed by atoms with Gasteiger partial charge in [0.25, 0.3) is 5.91 Å². The van der Waals surface area contributed by atoms with E-state index in [-0.39, 0.29) is 5.91 Å². The number of benzene rings is 3. The smallest absolute Gasteiger partial charge is 0.261 e. The summed E-state index contributed by atoms with van der Waals surface area (Å²) in [7, 11) is 0. The number of ether oxygens (including phenoxy) is 2. The zero-order chi connectivity index (χ0) is 19.1. The van der Waals surface area contributed by atoms with E-state index < -0.39 is 6.10 Å². The summed E-state index contributed by atoms with van der Waals surface area (Å²) in [4.78, 5) is 12.6. The molecule has 0 unspecified atom stereocenters. The van der Waals surface area contributed by atoms with Crippen LogP contribution in [0.15, 0.2) is 66.7 Å². The Labute approximate surface area is 160 Å². The van der Waals surface area contributed by atoms with Gasteiger partial charge in [0, 0.05) is 6.54 Å². The van der Waals surface area contributed by atoms with Crippen LogP contribution < -0.4 is 14.8 Å². The molecule has 3 aromatic carbocycles. The van der Waals surface area contributed by atoms with Gasteiger partial charge in [0.05, 0.1) is 6.61 Å². The Morgan fingerprint density at radius 2 is 1.74 bits per heavy atom. The first-order valence-corrected chi connectivity index (χ1v) is 9.34. The minimum atomic E-state index is -0.527. The van der Waals surface area contributed by atoms with Gasteiger partial charge in [0.1, 0.15) is 11.5 Å². The van der Waals surface area contributed by atoms with Crippen molar-refractivity contribution in [2.24, 2.45) is 0 Å². The minimum Gasteiger partial charge on any atom is -0.494 e. The Morgan fingerprint density at radius 1 is 0.926 bits per heavy atom. The van der Waals surface area contributed by atoms with E-state index in [2.05, 4.69) is 11.4 Å². The summed E-state index contributed by atoms with van der Waals surface area (Å²) in [5.74, 6) is 1.39. The summed E-state index contributed by atoms with van der Waals surface area (Å²) in [5.41, 5.74) is 0.995. The zero-order valence-electron chi connectivity index (χ0n) is 15.8. The van der Waals surface area contributed by atoms with Crippen molar-refractivity contribution < 1.29 is 14.3 Å². The molecule has 0 bridgehead atoms. The molecule has 1 amide bonds. The fraction of sp³-hybridized carbons (Fsp3) is 0.261. The molecule has 0 heterocycles. The predicted molar refractivity (Wildman–Crippen MR) is 108 cm³/mol. The molecule has 0 aliphatic heterocycles. The molecule has 27 heavy (non-hydrogen) atoms. The second kappa shape index (κ2) is 9.08. The normalized spacial score (nSPS) is 11.8. The SMILES string of the molecule is CCOc1cccc(CNC(=O)[C@@H](CC)Oc2ccc3ccccc3c2)c1. The molecule has 3 rings (SSSR count). The van der Waals surface area contributed by atoms with Gasteiger partial charge >= 0.3 is 0 Å². The second-order valence-corrected chi connectivity index (χ2v) is 6.32. The number of amides is 1. The highest BCUT2D eigenvalue weighted by Crippen LogP contribution is 2.22. The van der Waals surface area contributed by atoms with Gasteiger partial charge in [-0.15, -0.1) is 0 Å². The number of hydrogen-bond donors (Lipinski definition) is 1. The molecule has 0 radical (unpaired) electrons. The molecule has 0 saturated heterocycles. The molecular formula is C23H25NO3. The number of hydrogen-bond acceptors (Lipinski definition) is 3. The Kier molecular flexibility index (Phi) is 6.31. The van der Waals surface area contributed by atoms with Crippen molar-refractivity contribution in [2.45, 2.75) is 32.9 Å². The molecule has 0 aromatic heterocycles. The molecule has 4 heteroatoms. The fourth-order valence-corrected chi connectivity index (χ4v) is 2.94. The van der Waals surface area contributed by atoms with Gasteiger partial charge in [-0.3, -0.25) is 4.79 Å². The number of nitrogens with one attached hydrogen (secondary N) is 1. The van der Waals surface area contributed by atoms with E-state index in [0.717, 1.165) is 22.1 Å². The van der Waals surface area contributed by atoms with Crippen LogP contribution in [-0.2, 0) is 11.3 Å². The van der Waals surface area contributed by atoms with Crippen LogP contribution in [0, 0.1) is 0 Å². The molecule has 0 aliphatic carbocycles. The summed E-state index contributed by atoms with van der Waals surface area (Å²) in [5, 5.41) is 5.20. The van der Waals surface area contributed by atoms with Gasteiger partial charge in [0.15, 0.2) is 6.10 Å². The summed E-state index contributed by atoms with van der Waals surface area (Å²) < 4.78 is 11.4. The van der Waals surface area contributed by atoms with Crippen LogP contribution in [0.25, 0.3) is 10.8 Å². The molecular weight excluding hydrogens is 338 g/mol. The van der Waals surface area contributed by atoms with Crippen molar-refractivity contribution in [1.82, 2.24) is 5.32 Å². The quantitative estimate of drug-likeness (QED) is 0.630. The van der Waals surface area contributed by atoms with E-state index in [1.165, 1.54) is 0 Å². The second-order valence-electron chi connectivity index (χ2n) is 6.32. The lowest BCUT2D eigenvalue weighted by Crippen LogP contribution is -2.37. The lowest BCUT2D eigenvalue weighted by molar-refractivity contribution is -0.128. The first-order valence-electron chi connectivity index (χ1n) is 9.34. The minimum absolute atomic E-state index is 0.118. The third-order valence-electron chi connectivity index (χ3n) is 4.34. The number of rotatable bonds is 8. The van der Waals surface area contributed by atoms with Crippen LogP contribution in [-0.4, -0.2) is 18.6 Å². The number of carbonyl (C=O) groups is 1. The largest absolute Gasteiger partial charge is 0.494 e. The number of carbonyl (C=O) groups excluding carboxylic acids is 1. The average Bonchev–Trinajstić information content (AvgIpc) is 2.70. The molecule has 1 N–H and O–H groups in total. The predicted octanol–water partition coefficient (Wildman–Crippen LogP) is 4.71. The Morgan fingerprint density at radius 3 is 2.52 bits per heavy atom. The third-order valence-corrected chi connectivity index (χ3v) is 4.34. The highest BCUT2D eigenvalue weighted by Gasteiger charge is 2.18. The topological polar surface area (TPSA) is 47.6 Å². The molecule has 3 aromatic rings. The Hall–Kier alpha value is -3.01. The van der Waals surface area contributed by atoms with Gasteiger partial charge in [-0.05, 0) is 53.9 Å². The summed E-state index contributed by atoms with van der Waals surface area (Å²) in [6.45, 7) is 4.95. The van der Waals surface area contributed by atoms with Crippen molar-refractivity contribution in [3.8, 4) is 11.5 Å². The monoisotopic (exact) mass is 363 g/mol. The van der Waals surface area contributed by atoms with Crippen LogP contribution in [0.2, 0.25) is 0 Å². The highest BCUT2D eigenvalue weighted by atomic mass is 16.5. The van der Waals surface area contributed by atoms with Crippen LogP contribution >= 0.6 is 0 Å². The van der Waals surface area contributed by atoms with Crippen molar-refractivity contribution in [2.75, 3.05) is 6.61 Å². The third kappa shape index (κ3) is 5.00. The van der Waals surface area contributed by atoms with E-state index in [9.17, 15) is 4.79 Å². The van der Waals surface area contributed by atoms with E-state index in [1.807, 2.05) is 74.5 Å². The first-order chi connectivity index (χ1) is 13.2. The molecule has 1 atom stereocenters. The van der Waals surface area contributed by atoms with Gasteiger partial charge in [0.2, 0.25) is 0 Å². The van der Waals surface area contributed by atoms with Crippen LogP contribution in [0.1, 0.15) is 25.8 Å². The lowest BCUT2D eigenvalue weighted by atomic mass is 10.1. The molecule has 140 valence electrons. The van der Waals surface area contributed by atoms with Gasteiger partial charge in [-0.2, -0.15) is 0 Å². The zero-order valence-corrected chi connectivity index (χ0v) is 15.8. The standard InChI is InChI=1S/C23H25NO3/c1-3-22(27-21-13-12-18-9-5-6-10-19(18)15-21)23(25)24-16-17-8-7-11-20(14-17)26-4-2/h5-15,22H,3-4,16H2,1-2H3,(H,24,25)/t22-/m1/s1. The maximum absolute atomic E-state index is 12.6. The van der Waals surface area contributed by atoms with Gasteiger partial charge < -0.3 is 14.8 Å². The average molecular weight is 363 g/mol. The van der Waals surface area contributed by atoms with Crippen molar-refractivity contribution in [1.29, 1.82) is 0 Å². The van der Waals surface area contributed by atoms with E-state index in [0.29, 0.717) is 25.3 Å². The first kappa shape index (κ1) is 18.8.